The van der Waals surface area contributed by atoms with Crippen LogP contribution in [0.5, 0.6) is 5.75 Å². The third-order valence-corrected chi connectivity index (χ3v) is 6.92. The number of aromatic nitrogens is 3. The van der Waals surface area contributed by atoms with Crippen molar-refractivity contribution in [3.8, 4) is 5.75 Å². The number of hydrogen-bond donors (Lipinski definition) is 2. The lowest BCUT2D eigenvalue weighted by Crippen LogP contribution is -2.16. The van der Waals surface area contributed by atoms with Gasteiger partial charge in [-0.1, -0.05) is 23.7 Å². The van der Waals surface area contributed by atoms with Crippen LogP contribution < -0.4 is 0 Å². The maximum Gasteiger partial charge on any atom is 0.433 e. The van der Waals surface area contributed by atoms with Crippen molar-refractivity contribution in [1.29, 1.82) is 0 Å². The Morgan fingerprint density at radius 2 is 1.88 bits per heavy atom. The Bertz CT molecular complexity index is 1370. The molecule has 2 aromatic carbocycles. The largest absolute Gasteiger partial charge is 0.508 e. The van der Waals surface area contributed by atoms with Crippen LogP contribution in [0.1, 0.15) is 65.0 Å². The second kappa shape index (κ2) is 8.62. The van der Waals surface area contributed by atoms with Crippen LogP contribution in [-0.2, 0) is 12.6 Å². The van der Waals surface area contributed by atoms with Crippen LogP contribution in [0.3, 0.4) is 0 Å². The van der Waals surface area contributed by atoms with Gasteiger partial charge in [0.05, 0.1) is 0 Å². The number of aromatic amines is 1. The molecule has 176 valence electrons. The van der Waals surface area contributed by atoms with Crippen LogP contribution in [-0.4, -0.2) is 20.1 Å². The summed E-state index contributed by atoms with van der Waals surface area (Å²) in [5, 5.41) is 12.4. The molecule has 34 heavy (non-hydrogen) atoms. The quantitative estimate of drug-likeness (QED) is 0.313. The molecule has 1 aliphatic carbocycles. The van der Waals surface area contributed by atoms with Gasteiger partial charge in [0, 0.05) is 45.2 Å². The third-order valence-electron chi connectivity index (χ3n) is 6.69. The van der Waals surface area contributed by atoms with Crippen molar-refractivity contribution in [3.63, 3.8) is 0 Å². The predicted octanol–water partition coefficient (Wildman–Crippen LogP) is 7.29. The van der Waals surface area contributed by atoms with Crippen LogP contribution in [0, 0.1) is 6.92 Å². The normalized spacial score (nSPS) is 19.0. The van der Waals surface area contributed by atoms with Crippen LogP contribution in [0.25, 0.3) is 10.9 Å². The van der Waals surface area contributed by atoms with Crippen molar-refractivity contribution >= 4 is 22.5 Å². The number of benzene rings is 2. The summed E-state index contributed by atoms with van der Waals surface area (Å²) in [6.45, 7) is 1.92. The summed E-state index contributed by atoms with van der Waals surface area (Å²) < 4.78 is 39.8. The van der Waals surface area contributed by atoms with E-state index in [1.165, 1.54) is 6.20 Å². The van der Waals surface area contributed by atoms with Gasteiger partial charge in [0.1, 0.15) is 17.3 Å². The summed E-state index contributed by atoms with van der Waals surface area (Å²) in [4.78, 5) is 11.6. The standard InChI is InChI=1S/C26H23ClF3N3O/c1-14-2-6-17(22(34)12-14)18-7-3-15(25-31-11-10-23(33-25)26(28,29)30)4-8-19-20-13-16(27)5-9-21(20)32-24(18)19/h2,5-6,9-13,15,18,32,34H,3-4,7-8H2,1H3. The molecule has 0 spiro atoms. The number of alkyl halides is 3. The molecule has 0 saturated carbocycles. The Labute approximate surface area is 199 Å². The fourth-order valence-electron chi connectivity index (χ4n) is 5.03. The van der Waals surface area contributed by atoms with Gasteiger partial charge in [0.2, 0.25) is 0 Å². The first-order valence-electron chi connectivity index (χ1n) is 11.2. The van der Waals surface area contributed by atoms with E-state index in [-0.39, 0.29) is 23.4 Å². The number of phenols is 1. The fourth-order valence-corrected chi connectivity index (χ4v) is 5.20. The lowest BCUT2D eigenvalue weighted by molar-refractivity contribution is -0.141. The van der Waals surface area contributed by atoms with E-state index in [1.807, 2.05) is 37.3 Å². The third kappa shape index (κ3) is 4.25. The van der Waals surface area contributed by atoms with Gasteiger partial charge >= 0.3 is 6.18 Å². The lowest BCUT2D eigenvalue weighted by atomic mass is 9.80. The summed E-state index contributed by atoms with van der Waals surface area (Å²) in [7, 11) is 0. The molecule has 4 nitrogen and oxygen atoms in total. The first-order valence-corrected chi connectivity index (χ1v) is 11.6. The average Bonchev–Trinajstić information content (AvgIpc) is 3.11. The highest BCUT2D eigenvalue weighted by atomic mass is 35.5. The highest BCUT2D eigenvalue weighted by Gasteiger charge is 2.34. The van der Waals surface area contributed by atoms with Gasteiger partial charge in [-0.15, -0.1) is 0 Å². The van der Waals surface area contributed by atoms with E-state index in [0.29, 0.717) is 30.7 Å². The number of aromatic hydroxyl groups is 1. The zero-order valence-electron chi connectivity index (χ0n) is 18.5. The molecule has 2 atom stereocenters. The number of aryl methyl sites for hydroxylation is 2. The molecule has 2 heterocycles. The van der Waals surface area contributed by atoms with Crippen LogP contribution >= 0.6 is 11.6 Å². The minimum Gasteiger partial charge on any atom is -0.508 e. The van der Waals surface area contributed by atoms with Crippen molar-refractivity contribution in [2.75, 3.05) is 0 Å². The molecule has 0 aliphatic heterocycles. The first kappa shape index (κ1) is 22.7. The molecular weight excluding hydrogens is 463 g/mol. The number of halogens is 4. The van der Waals surface area contributed by atoms with E-state index < -0.39 is 11.9 Å². The van der Waals surface area contributed by atoms with Gasteiger partial charge in [-0.25, -0.2) is 9.97 Å². The molecule has 2 N–H and O–H groups in total. The van der Waals surface area contributed by atoms with Crippen LogP contribution in [0.2, 0.25) is 5.02 Å². The minimum atomic E-state index is -4.52. The number of nitrogens with zero attached hydrogens (tertiary/aromatic N) is 2. The molecule has 5 rings (SSSR count). The maximum atomic E-state index is 13.3. The van der Waals surface area contributed by atoms with Crippen LogP contribution in [0.4, 0.5) is 13.2 Å². The topological polar surface area (TPSA) is 61.8 Å². The molecule has 4 aromatic rings. The molecule has 2 unspecified atom stereocenters. The number of hydrogen-bond acceptors (Lipinski definition) is 3. The van der Waals surface area contributed by atoms with E-state index in [2.05, 4.69) is 15.0 Å². The van der Waals surface area contributed by atoms with Gasteiger partial charge < -0.3 is 10.1 Å². The number of phenolic OH excluding ortho intramolecular Hbond substituents is 1. The monoisotopic (exact) mass is 485 g/mol. The summed E-state index contributed by atoms with van der Waals surface area (Å²) in [5.41, 5.74) is 3.84. The summed E-state index contributed by atoms with van der Waals surface area (Å²) in [6, 6.07) is 12.2. The maximum absolute atomic E-state index is 13.3. The fraction of sp³-hybridized carbons (Fsp3) is 0.308. The smallest absolute Gasteiger partial charge is 0.433 e. The Morgan fingerprint density at radius 3 is 2.65 bits per heavy atom. The zero-order valence-corrected chi connectivity index (χ0v) is 19.2. The van der Waals surface area contributed by atoms with Gasteiger partial charge in [0.15, 0.2) is 0 Å². The van der Waals surface area contributed by atoms with E-state index in [0.717, 1.165) is 39.4 Å². The molecule has 0 fully saturated rings. The molecular formula is C26H23ClF3N3O. The number of nitrogens with one attached hydrogen (secondary N) is 1. The van der Waals surface area contributed by atoms with Crippen molar-refractivity contribution < 1.29 is 18.3 Å². The minimum absolute atomic E-state index is 0.157. The number of rotatable bonds is 2. The summed E-state index contributed by atoms with van der Waals surface area (Å²) in [6.07, 6.45) is -0.882. The van der Waals surface area contributed by atoms with Crippen molar-refractivity contribution in [2.45, 2.75) is 50.6 Å². The molecule has 0 saturated heterocycles. The second-order valence-corrected chi connectivity index (χ2v) is 9.37. The molecule has 2 aromatic heterocycles. The Balaban J connectivity index is 1.61. The molecule has 0 amide bonds. The van der Waals surface area contributed by atoms with E-state index in [1.54, 1.807) is 6.07 Å². The predicted molar refractivity (Wildman–Crippen MR) is 125 cm³/mol. The van der Waals surface area contributed by atoms with Crippen LogP contribution in [0.15, 0.2) is 48.7 Å². The van der Waals surface area contributed by atoms with Crippen molar-refractivity contribution in [2.24, 2.45) is 0 Å². The summed E-state index contributed by atoms with van der Waals surface area (Å²) in [5.74, 6) is 0.0214. The number of H-pyrrole nitrogens is 1. The van der Waals surface area contributed by atoms with Gasteiger partial charge in [-0.3, -0.25) is 0 Å². The average molecular weight is 486 g/mol. The van der Waals surface area contributed by atoms with Gasteiger partial charge in [-0.05, 0) is 74.1 Å². The molecule has 1 aliphatic rings. The van der Waals surface area contributed by atoms with Gasteiger partial charge in [-0.2, -0.15) is 13.2 Å². The Kier molecular flexibility index (Phi) is 5.76. The molecule has 0 radical (unpaired) electrons. The highest BCUT2D eigenvalue weighted by molar-refractivity contribution is 6.31. The second-order valence-electron chi connectivity index (χ2n) is 8.93. The zero-order chi connectivity index (χ0) is 24.0. The van der Waals surface area contributed by atoms with E-state index in [4.69, 9.17) is 11.6 Å². The SMILES string of the molecule is Cc1ccc(C2CCC(c3nccc(C(F)(F)F)n3)CCc3c2[nH]c2ccc(Cl)cc32)c(O)c1. The molecule has 0 bridgehead atoms. The molecule has 8 heteroatoms. The summed E-state index contributed by atoms with van der Waals surface area (Å²) >= 11 is 6.29. The van der Waals surface area contributed by atoms with Crippen molar-refractivity contribution in [3.05, 3.63) is 87.6 Å². The van der Waals surface area contributed by atoms with E-state index in [9.17, 15) is 18.3 Å². The highest BCUT2D eigenvalue weighted by Crippen LogP contribution is 2.44. The lowest BCUT2D eigenvalue weighted by Gasteiger charge is -2.26. The Morgan fingerprint density at radius 1 is 1.06 bits per heavy atom. The Hall–Kier alpha value is -3.06. The first-order chi connectivity index (χ1) is 16.2. The van der Waals surface area contributed by atoms with Crippen molar-refractivity contribution in [1.82, 2.24) is 15.0 Å². The van der Waals surface area contributed by atoms with E-state index >= 15 is 0 Å². The van der Waals surface area contributed by atoms with Gasteiger partial charge in [0.25, 0.3) is 0 Å². The number of fused-ring (bicyclic) bond motifs is 3.